The third kappa shape index (κ3) is 4.34. The summed E-state index contributed by atoms with van der Waals surface area (Å²) >= 11 is 0. The van der Waals surface area contributed by atoms with E-state index in [1.165, 1.54) is 18.4 Å². The Balaban J connectivity index is 1.99. The van der Waals surface area contributed by atoms with Crippen molar-refractivity contribution in [2.45, 2.75) is 51.6 Å². The van der Waals surface area contributed by atoms with Crippen LogP contribution in [-0.2, 0) is 4.79 Å². The third-order valence-electron chi connectivity index (χ3n) is 4.12. The van der Waals surface area contributed by atoms with Gasteiger partial charge in [-0.15, -0.1) is 0 Å². The average molecular weight is 274 g/mol. The largest absolute Gasteiger partial charge is 0.348 e. The predicted octanol–water partition coefficient (Wildman–Crippen LogP) is 3.03. The van der Waals surface area contributed by atoms with Crippen molar-refractivity contribution >= 4 is 5.91 Å². The minimum absolute atomic E-state index is 0.109. The Morgan fingerprint density at radius 3 is 2.40 bits per heavy atom. The highest BCUT2D eigenvalue weighted by Crippen LogP contribution is 2.27. The van der Waals surface area contributed by atoms with Crippen LogP contribution >= 0.6 is 0 Å². The van der Waals surface area contributed by atoms with Crippen molar-refractivity contribution < 1.29 is 4.79 Å². The van der Waals surface area contributed by atoms with Crippen LogP contribution in [0.15, 0.2) is 30.3 Å². The van der Waals surface area contributed by atoms with Crippen molar-refractivity contribution in [3.63, 3.8) is 0 Å². The molecule has 0 spiro atoms. The quantitative estimate of drug-likeness (QED) is 0.765. The van der Waals surface area contributed by atoms with E-state index < -0.39 is 0 Å². The average Bonchev–Trinajstić information content (AvgIpc) is 3.30. The fourth-order valence-electron chi connectivity index (χ4n) is 2.64. The maximum absolute atomic E-state index is 12.1. The molecule has 1 saturated carbocycles. The molecular weight excluding hydrogens is 248 g/mol. The number of nitrogens with one attached hydrogen (secondary N) is 2. The van der Waals surface area contributed by atoms with E-state index >= 15 is 0 Å². The first-order valence-corrected chi connectivity index (χ1v) is 7.82. The monoisotopic (exact) mass is 274 g/mol. The zero-order chi connectivity index (χ0) is 14.4. The molecule has 0 bridgehead atoms. The fraction of sp³-hybridized carbons (Fsp3) is 0.588. The highest BCUT2D eigenvalue weighted by atomic mass is 16.2. The molecule has 1 aromatic carbocycles. The Kier molecular flexibility index (Phi) is 5.60. The highest BCUT2D eigenvalue weighted by Gasteiger charge is 2.24. The van der Waals surface area contributed by atoms with Gasteiger partial charge in [0.2, 0.25) is 5.91 Å². The van der Waals surface area contributed by atoms with E-state index in [4.69, 9.17) is 0 Å². The lowest BCUT2D eigenvalue weighted by Gasteiger charge is -2.27. The first-order chi connectivity index (χ1) is 9.74. The molecule has 1 atom stereocenters. The molecule has 3 heteroatoms. The lowest BCUT2D eigenvalue weighted by molar-refractivity contribution is -0.121. The minimum atomic E-state index is 0.109. The lowest BCUT2D eigenvalue weighted by Crippen LogP contribution is -2.39. The van der Waals surface area contributed by atoms with E-state index in [-0.39, 0.29) is 11.9 Å². The van der Waals surface area contributed by atoms with Crippen molar-refractivity contribution in [3.05, 3.63) is 35.9 Å². The summed E-state index contributed by atoms with van der Waals surface area (Å²) in [5.41, 5.74) is 1.21. The molecule has 3 nitrogen and oxygen atoms in total. The standard InChI is InChI=1S/C17H26N2O/c1-3-13(4-2)17(14-8-6-5-7-9-14)19-16(20)12-18-15-10-11-15/h5-9,13,15,17-18H,3-4,10-12H2,1-2H3,(H,19,20). The van der Waals surface area contributed by atoms with E-state index in [0.717, 1.165) is 12.8 Å². The molecule has 2 N–H and O–H groups in total. The predicted molar refractivity (Wildman–Crippen MR) is 82.4 cm³/mol. The van der Waals surface area contributed by atoms with E-state index in [1.807, 2.05) is 18.2 Å². The second-order valence-corrected chi connectivity index (χ2v) is 5.69. The van der Waals surface area contributed by atoms with Gasteiger partial charge in [-0.05, 0) is 24.3 Å². The summed E-state index contributed by atoms with van der Waals surface area (Å²) in [7, 11) is 0. The third-order valence-corrected chi connectivity index (χ3v) is 4.12. The number of benzene rings is 1. The number of hydrogen-bond donors (Lipinski definition) is 2. The first kappa shape index (κ1) is 15.0. The summed E-state index contributed by atoms with van der Waals surface area (Å²) in [6.45, 7) is 4.82. The Morgan fingerprint density at radius 1 is 1.20 bits per heavy atom. The van der Waals surface area contributed by atoms with Gasteiger partial charge in [-0.3, -0.25) is 4.79 Å². The number of hydrogen-bond acceptors (Lipinski definition) is 2. The van der Waals surface area contributed by atoms with Crippen LogP contribution in [0.3, 0.4) is 0 Å². The molecule has 0 saturated heterocycles. The normalized spacial score (nSPS) is 16.1. The van der Waals surface area contributed by atoms with E-state index in [9.17, 15) is 4.79 Å². The van der Waals surface area contributed by atoms with Crippen LogP contribution in [0, 0.1) is 5.92 Å². The van der Waals surface area contributed by atoms with Crippen LogP contribution in [0.1, 0.15) is 51.1 Å². The highest BCUT2D eigenvalue weighted by molar-refractivity contribution is 5.78. The van der Waals surface area contributed by atoms with Crippen molar-refractivity contribution in [1.82, 2.24) is 10.6 Å². The van der Waals surface area contributed by atoms with Gasteiger partial charge in [0.25, 0.3) is 0 Å². The molecule has 1 aliphatic carbocycles. The molecule has 1 fully saturated rings. The summed E-state index contributed by atoms with van der Waals surface area (Å²) in [5.74, 6) is 0.597. The van der Waals surface area contributed by atoms with Gasteiger partial charge in [-0.25, -0.2) is 0 Å². The topological polar surface area (TPSA) is 41.1 Å². The van der Waals surface area contributed by atoms with Gasteiger partial charge in [-0.1, -0.05) is 57.0 Å². The maximum Gasteiger partial charge on any atom is 0.234 e. The van der Waals surface area contributed by atoms with Gasteiger partial charge in [0.15, 0.2) is 0 Å². The molecule has 110 valence electrons. The first-order valence-electron chi connectivity index (χ1n) is 7.82. The van der Waals surface area contributed by atoms with Gasteiger partial charge in [0.05, 0.1) is 12.6 Å². The summed E-state index contributed by atoms with van der Waals surface area (Å²) < 4.78 is 0. The zero-order valence-electron chi connectivity index (χ0n) is 12.6. The van der Waals surface area contributed by atoms with Crippen molar-refractivity contribution in [1.29, 1.82) is 0 Å². The second kappa shape index (κ2) is 7.44. The molecule has 2 rings (SSSR count). The van der Waals surface area contributed by atoms with Crippen molar-refractivity contribution in [2.24, 2.45) is 5.92 Å². The summed E-state index contributed by atoms with van der Waals surface area (Å²) in [4.78, 5) is 12.1. The smallest absolute Gasteiger partial charge is 0.234 e. The molecule has 20 heavy (non-hydrogen) atoms. The lowest BCUT2D eigenvalue weighted by atomic mass is 9.89. The maximum atomic E-state index is 12.1. The van der Waals surface area contributed by atoms with Gasteiger partial charge in [0, 0.05) is 6.04 Å². The Bertz CT molecular complexity index is 410. The number of amides is 1. The van der Waals surface area contributed by atoms with Gasteiger partial charge < -0.3 is 10.6 Å². The van der Waals surface area contributed by atoms with Crippen LogP contribution in [0.2, 0.25) is 0 Å². The van der Waals surface area contributed by atoms with Gasteiger partial charge >= 0.3 is 0 Å². The van der Waals surface area contributed by atoms with Crippen LogP contribution in [-0.4, -0.2) is 18.5 Å². The van der Waals surface area contributed by atoms with Crippen LogP contribution in [0.5, 0.6) is 0 Å². The van der Waals surface area contributed by atoms with E-state index in [0.29, 0.717) is 18.5 Å². The number of carbonyl (C=O) groups is 1. The zero-order valence-corrected chi connectivity index (χ0v) is 12.6. The second-order valence-electron chi connectivity index (χ2n) is 5.69. The molecule has 1 unspecified atom stereocenters. The Labute approximate surface area is 122 Å². The molecular formula is C17H26N2O. The number of carbonyl (C=O) groups excluding carboxylic acids is 1. The van der Waals surface area contributed by atoms with Crippen molar-refractivity contribution in [2.75, 3.05) is 6.54 Å². The Morgan fingerprint density at radius 2 is 1.85 bits per heavy atom. The molecule has 1 amide bonds. The van der Waals surface area contributed by atoms with Gasteiger partial charge in [-0.2, -0.15) is 0 Å². The summed E-state index contributed by atoms with van der Waals surface area (Å²) in [6, 6.07) is 11.0. The summed E-state index contributed by atoms with van der Waals surface area (Å²) in [5, 5.41) is 6.49. The van der Waals surface area contributed by atoms with Gasteiger partial charge in [0.1, 0.15) is 0 Å². The molecule has 1 aliphatic rings. The fourth-order valence-corrected chi connectivity index (χ4v) is 2.64. The minimum Gasteiger partial charge on any atom is -0.348 e. The van der Waals surface area contributed by atoms with E-state index in [2.05, 4.69) is 36.6 Å². The molecule has 0 heterocycles. The SMILES string of the molecule is CCC(CC)C(NC(=O)CNC1CC1)c1ccccc1. The molecule has 0 radical (unpaired) electrons. The molecule has 1 aromatic rings. The Hall–Kier alpha value is -1.35. The molecule has 0 aromatic heterocycles. The van der Waals surface area contributed by atoms with Crippen LogP contribution in [0.25, 0.3) is 0 Å². The summed E-state index contributed by atoms with van der Waals surface area (Å²) in [6.07, 6.45) is 4.57. The van der Waals surface area contributed by atoms with Crippen molar-refractivity contribution in [3.8, 4) is 0 Å². The molecule has 0 aliphatic heterocycles. The van der Waals surface area contributed by atoms with Crippen LogP contribution in [0.4, 0.5) is 0 Å². The number of rotatable bonds is 8. The van der Waals surface area contributed by atoms with E-state index in [1.54, 1.807) is 0 Å². The van der Waals surface area contributed by atoms with Crippen LogP contribution < -0.4 is 10.6 Å².